The third-order valence-electron chi connectivity index (χ3n) is 3.66. The molecule has 0 saturated carbocycles. The lowest BCUT2D eigenvalue weighted by Crippen LogP contribution is -2.03. The van der Waals surface area contributed by atoms with E-state index in [1.54, 1.807) is 13.0 Å². The molecule has 1 aliphatic carbocycles. The first-order chi connectivity index (χ1) is 9.13. The van der Waals surface area contributed by atoms with Crippen molar-refractivity contribution in [2.45, 2.75) is 26.2 Å². The molecule has 0 radical (unpaired) electrons. The maximum Gasteiger partial charge on any atom is 0.193 e. The van der Waals surface area contributed by atoms with Crippen LogP contribution >= 0.6 is 0 Å². The van der Waals surface area contributed by atoms with Crippen molar-refractivity contribution in [1.29, 1.82) is 0 Å². The van der Waals surface area contributed by atoms with Gasteiger partial charge in [0.05, 0.1) is 0 Å². The van der Waals surface area contributed by atoms with Gasteiger partial charge in [0.25, 0.3) is 0 Å². The fourth-order valence-electron chi connectivity index (χ4n) is 2.75. The van der Waals surface area contributed by atoms with Gasteiger partial charge in [-0.25, -0.2) is 4.39 Å². The first-order valence-corrected chi connectivity index (χ1v) is 6.57. The number of aryl methyl sites for hydroxylation is 3. The Bertz CT molecular complexity index is 638. The van der Waals surface area contributed by atoms with Crippen LogP contribution in [0.2, 0.25) is 0 Å². The summed E-state index contributed by atoms with van der Waals surface area (Å²) in [6.07, 6.45) is 3.30. The van der Waals surface area contributed by atoms with Crippen molar-refractivity contribution in [1.82, 2.24) is 0 Å². The standard InChI is InChI=1S/C17H15FO/c1-11-7-15(10-16(18)8-11)17(19)14-6-5-12-3-2-4-13(12)9-14/h5-10H,2-4H2,1H3. The van der Waals surface area contributed by atoms with Crippen LogP contribution in [0.1, 0.15) is 39.0 Å². The molecule has 2 aromatic carbocycles. The van der Waals surface area contributed by atoms with Gasteiger partial charge in [-0.2, -0.15) is 0 Å². The predicted molar refractivity (Wildman–Crippen MR) is 73.0 cm³/mol. The number of benzene rings is 2. The van der Waals surface area contributed by atoms with Crippen LogP contribution in [-0.2, 0) is 12.8 Å². The van der Waals surface area contributed by atoms with Gasteiger partial charge in [-0.05, 0) is 67.1 Å². The predicted octanol–water partition coefficient (Wildman–Crippen LogP) is 3.85. The summed E-state index contributed by atoms with van der Waals surface area (Å²) in [7, 11) is 0. The molecule has 3 rings (SSSR count). The molecule has 0 amide bonds. The van der Waals surface area contributed by atoms with Crippen molar-refractivity contribution in [3.05, 3.63) is 70.0 Å². The number of carbonyl (C=O) groups excluding carboxylic acids is 1. The molecule has 0 bridgehead atoms. The number of halogens is 1. The largest absolute Gasteiger partial charge is 0.289 e. The number of hydrogen-bond acceptors (Lipinski definition) is 1. The van der Waals surface area contributed by atoms with Crippen LogP contribution in [0.25, 0.3) is 0 Å². The summed E-state index contributed by atoms with van der Waals surface area (Å²) in [6, 6.07) is 10.3. The second-order valence-corrected chi connectivity index (χ2v) is 5.18. The second-order valence-electron chi connectivity index (χ2n) is 5.18. The maximum atomic E-state index is 13.4. The minimum atomic E-state index is -0.357. The van der Waals surface area contributed by atoms with E-state index in [2.05, 4.69) is 0 Å². The van der Waals surface area contributed by atoms with E-state index in [-0.39, 0.29) is 11.6 Å². The van der Waals surface area contributed by atoms with Gasteiger partial charge in [-0.1, -0.05) is 12.1 Å². The number of rotatable bonds is 2. The molecule has 0 fully saturated rings. The molecule has 96 valence electrons. The summed E-state index contributed by atoms with van der Waals surface area (Å²) < 4.78 is 13.4. The average molecular weight is 254 g/mol. The molecular formula is C17H15FO. The van der Waals surface area contributed by atoms with Gasteiger partial charge in [0, 0.05) is 11.1 Å². The summed E-state index contributed by atoms with van der Waals surface area (Å²) in [6.45, 7) is 1.79. The zero-order valence-corrected chi connectivity index (χ0v) is 10.9. The van der Waals surface area contributed by atoms with Crippen molar-refractivity contribution >= 4 is 5.78 Å². The quantitative estimate of drug-likeness (QED) is 0.744. The monoisotopic (exact) mass is 254 g/mol. The lowest BCUT2D eigenvalue weighted by molar-refractivity contribution is 0.103. The van der Waals surface area contributed by atoms with Crippen LogP contribution in [0.3, 0.4) is 0 Å². The van der Waals surface area contributed by atoms with Gasteiger partial charge < -0.3 is 0 Å². The van der Waals surface area contributed by atoms with Crippen LogP contribution in [0, 0.1) is 12.7 Å². The second kappa shape index (κ2) is 4.61. The zero-order chi connectivity index (χ0) is 13.4. The van der Waals surface area contributed by atoms with Crippen molar-refractivity contribution in [3.63, 3.8) is 0 Å². The molecule has 0 aromatic heterocycles. The summed E-state index contributed by atoms with van der Waals surface area (Å²) in [5, 5.41) is 0. The molecule has 2 aromatic rings. The van der Waals surface area contributed by atoms with E-state index < -0.39 is 0 Å². The van der Waals surface area contributed by atoms with E-state index in [1.165, 1.54) is 23.3 Å². The molecule has 2 heteroatoms. The third-order valence-corrected chi connectivity index (χ3v) is 3.66. The van der Waals surface area contributed by atoms with Gasteiger partial charge in [-0.3, -0.25) is 4.79 Å². The van der Waals surface area contributed by atoms with Crippen molar-refractivity contribution in [3.8, 4) is 0 Å². The lowest BCUT2D eigenvalue weighted by Gasteiger charge is -2.06. The van der Waals surface area contributed by atoms with Gasteiger partial charge in [0.2, 0.25) is 0 Å². The summed E-state index contributed by atoms with van der Waals surface area (Å²) in [5.74, 6) is -0.457. The number of hydrogen-bond donors (Lipinski definition) is 0. The SMILES string of the molecule is Cc1cc(F)cc(C(=O)c2ccc3c(c2)CCC3)c1. The van der Waals surface area contributed by atoms with Crippen molar-refractivity contribution in [2.24, 2.45) is 0 Å². The Labute approximate surface area is 112 Å². The Hall–Kier alpha value is -1.96. The zero-order valence-electron chi connectivity index (χ0n) is 10.9. The van der Waals surface area contributed by atoms with E-state index in [4.69, 9.17) is 0 Å². The van der Waals surface area contributed by atoms with Gasteiger partial charge in [0.15, 0.2) is 5.78 Å². The number of carbonyl (C=O) groups is 1. The molecule has 0 heterocycles. The summed E-state index contributed by atoms with van der Waals surface area (Å²) >= 11 is 0. The fourth-order valence-corrected chi connectivity index (χ4v) is 2.75. The first-order valence-electron chi connectivity index (χ1n) is 6.57. The Morgan fingerprint density at radius 1 is 1.00 bits per heavy atom. The normalized spacial score (nSPS) is 13.4. The van der Waals surface area contributed by atoms with E-state index in [0.29, 0.717) is 11.1 Å². The maximum absolute atomic E-state index is 13.4. The third kappa shape index (κ3) is 2.30. The van der Waals surface area contributed by atoms with Crippen LogP contribution < -0.4 is 0 Å². The molecule has 0 aliphatic heterocycles. The Morgan fingerprint density at radius 2 is 1.79 bits per heavy atom. The highest BCUT2D eigenvalue weighted by molar-refractivity contribution is 6.09. The minimum Gasteiger partial charge on any atom is -0.289 e. The van der Waals surface area contributed by atoms with Crippen molar-refractivity contribution < 1.29 is 9.18 Å². The smallest absolute Gasteiger partial charge is 0.193 e. The highest BCUT2D eigenvalue weighted by Crippen LogP contribution is 2.24. The van der Waals surface area contributed by atoms with E-state index in [1.807, 2.05) is 18.2 Å². The van der Waals surface area contributed by atoms with Crippen LogP contribution in [-0.4, -0.2) is 5.78 Å². The van der Waals surface area contributed by atoms with E-state index in [0.717, 1.165) is 24.8 Å². The van der Waals surface area contributed by atoms with Crippen LogP contribution in [0.4, 0.5) is 4.39 Å². The summed E-state index contributed by atoms with van der Waals surface area (Å²) in [4.78, 5) is 12.4. The fraction of sp³-hybridized carbons (Fsp3) is 0.235. The molecular weight excluding hydrogens is 239 g/mol. The highest BCUT2D eigenvalue weighted by atomic mass is 19.1. The molecule has 0 spiro atoms. The van der Waals surface area contributed by atoms with Crippen LogP contribution in [0.15, 0.2) is 36.4 Å². The number of fused-ring (bicyclic) bond motifs is 1. The molecule has 19 heavy (non-hydrogen) atoms. The van der Waals surface area contributed by atoms with Gasteiger partial charge >= 0.3 is 0 Å². The van der Waals surface area contributed by atoms with Crippen molar-refractivity contribution in [2.75, 3.05) is 0 Å². The number of ketones is 1. The molecule has 0 atom stereocenters. The minimum absolute atomic E-state index is 0.0997. The first kappa shape index (κ1) is 12.1. The van der Waals surface area contributed by atoms with Gasteiger partial charge in [-0.15, -0.1) is 0 Å². The Balaban J connectivity index is 1.99. The molecule has 1 aliphatic rings. The molecule has 1 nitrogen and oxygen atoms in total. The topological polar surface area (TPSA) is 17.1 Å². The molecule has 0 unspecified atom stereocenters. The van der Waals surface area contributed by atoms with Crippen LogP contribution in [0.5, 0.6) is 0 Å². The van der Waals surface area contributed by atoms with E-state index in [9.17, 15) is 9.18 Å². The summed E-state index contributed by atoms with van der Waals surface area (Å²) in [5.41, 5.74) is 4.46. The Kier molecular flexibility index (Phi) is 2.94. The van der Waals surface area contributed by atoms with Gasteiger partial charge in [0.1, 0.15) is 5.82 Å². The molecule has 0 saturated heterocycles. The average Bonchev–Trinajstić information content (AvgIpc) is 2.83. The van der Waals surface area contributed by atoms with E-state index >= 15 is 0 Å². The lowest BCUT2D eigenvalue weighted by atomic mass is 9.98. The Morgan fingerprint density at radius 3 is 2.58 bits per heavy atom. The highest BCUT2D eigenvalue weighted by Gasteiger charge is 2.15. The molecule has 0 N–H and O–H groups in total.